The van der Waals surface area contributed by atoms with Gasteiger partial charge in [-0.15, -0.1) is 0 Å². The normalized spacial score (nSPS) is 11.9. The number of aromatic nitrogens is 2. The Bertz CT molecular complexity index is 396. The molecule has 96 valence electrons. The van der Waals surface area contributed by atoms with E-state index in [0.29, 0.717) is 0 Å². The molecule has 0 spiro atoms. The van der Waals surface area contributed by atoms with Crippen molar-refractivity contribution in [2.24, 2.45) is 0 Å². The fraction of sp³-hybridized carbons (Fsp3) is 0.556. The zero-order chi connectivity index (χ0) is 13.2. The average Bonchev–Trinajstić information content (AvgIpc) is 2.69. The summed E-state index contributed by atoms with van der Waals surface area (Å²) in [4.78, 5) is 11.4. The van der Waals surface area contributed by atoms with Crippen molar-refractivity contribution in [1.29, 1.82) is 0 Å². The Hall–Kier alpha value is -1.60. The third-order valence-electron chi connectivity index (χ3n) is 2.12. The summed E-state index contributed by atoms with van der Waals surface area (Å²) in [5, 5.41) is 3.59. The first-order valence-electron chi connectivity index (χ1n) is 4.66. The van der Waals surface area contributed by atoms with E-state index in [1.165, 1.54) is 6.92 Å². The molecule has 0 aliphatic carbocycles. The summed E-state index contributed by atoms with van der Waals surface area (Å²) in [7, 11) is 1.13. The number of nitrogens with zero attached hydrogens (tertiary/aromatic N) is 2. The van der Waals surface area contributed by atoms with E-state index < -0.39 is 23.8 Å². The van der Waals surface area contributed by atoms with Gasteiger partial charge in [0.05, 0.1) is 13.3 Å². The number of rotatable bonds is 5. The van der Waals surface area contributed by atoms with Gasteiger partial charge < -0.3 is 4.74 Å². The van der Waals surface area contributed by atoms with Crippen LogP contribution in [-0.4, -0.2) is 35.0 Å². The second kappa shape index (κ2) is 4.72. The summed E-state index contributed by atoms with van der Waals surface area (Å²) < 4.78 is 55.6. The lowest BCUT2D eigenvalue weighted by Gasteiger charge is -2.15. The Morgan fingerprint density at radius 1 is 1.59 bits per heavy atom. The van der Waals surface area contributed by atoms with E-state index in [2.05, 4.69) is 9.84 Å². The van der Waals surface area contributed by atoms with Crippen LogP contribution in [-0.2, 0) is 6.54 Å². The molecule has 0 bridgehead atoms. The number of hydrogen-bond acceptors (Lipinski definition) is 3. The third-order valence-corrected chi connectivity index (χ3v) is 2.12. The fourth-order valence-corrected chi connectivity index (χ4v) is 1.24. The number of methoxy groups -OCH3 is 1. The van der Waals surface area contributed by atoms with Gasteiger partial charge in [0.15, 0.2) is 11.4 Å². The Morgan fingerprint density at radius 3 is 2.59 bits per heavy atom. The van der Waals surface area contributed by atoms with Crippen LogP contribution in [0.15, 0.2) is 6.20 Å². The molecule has 0 aliphatic rings. The van der Waals surface area contributed by atoms with Crippen LogP contribution in [0.3, 0.4) is 0 Å². The lowest BCUT2D eigenvalue weighted by molar-refractivity contribution is -0.0963. The molecule has 0 N–H and O–H groups in total. The summed E-state index contributed by atoms with van der Waals surface area (Å²) >= 11 is 0. The zero-order valence-electron chi connectivity index (χ0n) is 9.08. The first kappa shape index (κ1) is 13.5. The number of carbonyl (C=O) groups is 1. The van der Waals surface area contributed by atoms with Crippen molar-refractivity contribution in [3.05, 3.63) is 11.9 Å². The van der Waals surface area contributed by atoms with Crippen LogP contribution in [0, 0.1) is 0 Å². The molecule has 0 atom stereocenters. The SMILES string of the molecule is CCn1ncc(OC)c1C(=O)C(F)(F)C(F)F. The number of aryl methyl sites for hydroxylation is 1. The van der Waals surface area contributed by atoms with Crippen molar-refractivity contribution in [1.82, 2.24) is 9.78 Å². The van der Waals surface area contributed by atoms with Crippen molar-refractivity contribution in [2.75, 3.05) is 7.11 Å². The van der Waals surface area contributed by atoms with E-state index in [-0.39, 0.29) is 12.3 Å². The maximum Gasteiger partial charge on any atom is 0.370 e. The van der Waals surface area contributed by atoms with Crippen LogP contribution in [0.25, 0.3) is 0 Å². The molecule has 1 aromatic heterocycles. The van der Waals surface area contributed by atoms with Gasteiger partial charge in [-0.2, -0.15) is 13.9 Å². The van der Waals surface area contributed by atoms with Gasteiger partial charge in [-0.05, 0) is 6.92 Å². The quantitative estimate of drug-likeness (QED) is 0.596. The molecule has 1 aromatic rings. The summed E-state index contributed by atoms with van der Waals surface area (Å²) in [6, 6.07) is 0. The van der Waals surface area contributed by atoms with Crippen molar-refractivity contribution < 1.29 is 27.1 Å². The molecule has 0 aromatic carbocycles. The van der Waals surface area contributed by atoms with Crippen molar-refractivity contribution in [3.63, 3.8) is 0 Å². The van der Waals surface area contributed by atoms with E-state index in [1.807, 2.05) is 0 Å². The second-order valence-electron chi connectivity index (χ2n) is 3.13. The minimum Gasteiger partial charge on any atom is -0.493 e. The van der Waals surface area contributed by atoms with Crippen molar-refractivity contribution in [3.8, 4) is 5.75 Å². The standard InChI is InChI=1S/C9H10F4N2O2/c1-3-15-6(5(17-2)4-14-15)7(16)9(12,13)8(10)11/h4,8H,3H2,1-2H3. The summed E-state index contributed by atoms with van der Waals surface area (Å²) in [6.45, 7) is 1.62. The van der Waals surface area contributed by atoms with Crippen LogP contribution >= 0.6 is 0 Å². The zero-order valence-corrected chi connectivity index (χ0v) is 9.08. The van der Waals surface area contributed by atoms with Crippen LogP contribution in [0.4, 0.5) is 17.6 Å². The van der Waals surface area contributed by atoms with E-state index >= 15 is 0 Å². The van der Waals surface area contributed by atoms with Crippen LogP contribution in [0.5, 0.6) is 5.75 Å². The van der Waals surface area contributed by atoms with Crippen molar-refractivity contribution >= 4 is 5.78 Å². The van der Waals surface area contributed by atoms with Gasteiger partial charge in [0, 0.05) is 6.54 Å². The molecule has 4 nitrogen and oxygen atoms in total. The molecule has 0 aliphatic heterocycles. The van der Waals surface area contributed by atoms with Gasteiger partial charge in [0.2, 0.25) is 0 Å². The minimum absolute atomic E-state index is 0.0871. The number of ketones is 1. The monoisotopic (exact) mass is 254 g/mol. The van der Waals surface area contributed by atoms with Gasteiger partial charge >= 0.3 is 12.3 Å². The highest BCUT2D eigenvalue weighted by molar-refractivity contribution is 6.02. The molecule has 0 unspecified atom stereocenters. The molecule has 0 saturated carbocycles. The fourth-order valence-electron chi connectivity index (χ4n) is 1.24. The predicted octanol–water partition coefficient (Wildman–Crippen LogP) is 1.99. The maximum absolute atomic E-state index is 12.9. The Balaban J connectivity index is 3.24. The Labute approximate surface area is 94.2 Å². The molecular weight excluding hydrogens is 244 g/mol. The van der Waals surface area contributed by atoms with E-state index in [4.69, 9.17) is 0 Å². The first-order valence-corrected chi connectivity index (χ1v) is 4.66. The number of Topliss-reactive ketones (excluding diaryl/α,β-unsaturated/α-hetero) is 1. The van der Waals surface area contributed by atoms with Crippen LogP contribution in [0.1, 0.15) is 17.4 Å². The summed E-state index contributed by atoms with van der Waals surface area (Å²) in [6.07, 6.45) is -3.04. The molecule has 1 heterocycles. The van der Waals surface area contributed by atoms with Gasteiger partial charge in [-0.3, -0.25) is 9.48 Å². The lowest BCUT2D eigenvalue weighted by atomic mass is 10.1. The Kier molecular flexibility index (Phi) is 3.74. The number of hydrogen-bond donors (Lipinski definition) is 0. The second-order valence-corrected chi connectivity index (χ2v) is 3.13. The number of carbonyl (C=O) groups excluding carboxylic acids is 1. The molecule has 0 radical (unpaired) electrons. The van der Waals surface area contributed by atoms with Gasteiger partial charge in [0.1, 0.15) is 0 Å². The first-order chi connectivity index (χ1) is 7.86. The number of ether oxygens (including phenoxy) is 1. The topological polar surface area (TPSA) is 44.1 Å². The highest BCUT2D eigenvalue weighted by Gasteiger charge is 2.51. The molecule has 0 amide bonds. The molecule has 8 heteroatoms. The summed E-state index contributed by atoms with van der Waals surface area (Å²) in [5.41, 5.74) is -0.652. The smallest absolute Gasteiger partial charge is 0.370 e. The number of alkyl halides is 4. The van der Waals surface area contributed by atoms with Gasteiger partial charge in [0.25, 0.3) is 5.78 Å². The molecule has 0 saturated heterocycles. The minimum atomic E-state index is -4.75. The van der Waals surface area contributed by atoms with Crippen molar-refractivity contribution in [2.45, 2.75) is 25.8 Å². The average molecular weight is 254 g/mol. The largest absolute Gasteiger partial charge is 0.493 e. The Morgan fingerprint density at radius 2 is 2.18 bits per heavy atom. The molecule has 0 fully saturated rings. The van der Waals surface area contributed by atoms with Gasteiger partial charge in [-0.25, -0.2) is 8.78 Å². The highest BCUT2D eigenvalue weighted by Crippen LogP contribution is 2.31. The molecule has 17 heavy (non-hydrogen) atoms. The molecular formula is C9H10F4N2O2. The highest BCUT2D eigenvalue weighted by atomic mass is 19.3. The number of halogens is 4. The maximum atomic E-state index is 12.9. The van der Waals surface area contributed by atoms with E-state index in [1.54, 1.807) is 0 Å². The van der Waals surface area contributed by atoms with Crippen LogP contribution < -0.4 is 4.74 Å². The van der Waals surface area contributed by atoms with E-state index in [9.17, 15) is 22.4 Å². The third kappa shape index (κ3) is 2.25. The van der Waals surface area contributed by atoms with E-state index in [0.717, 1.165) is 18.0 Å². The lowest BCUT2D eigenvalue weighted by Crippen LogP contribution is -2.38. The van der Waals surface area contributed by atoms with Gasteiger partial charge in [-0.1, -0.05) is 0 Å². The predicted molar refractivity (Wildman–Crippen MR) is 49.7 cm³/mol. The van der Waals surface area contributed by atoms with Crippen LogP contribution in [0.2, 0.25) is 0 Å². The summed E-state index contributed by atoms with van der Waals surface area (Å²) in [5.74, 6) is -7.00. The molecule has 1 rings (SSSR count).